The Labute approximate surface area is 172 Å². The zero-order valence-corrected chi connectivity index (χ0v) is 17.0. The van der Waals surface area contributed by atoms with E-state index in [0.29, 0.717) is 18.0 Å². The van der Waals surface area contributed by atoms with Crippen molar-refractivity contribution in [2.45, 2.75) is 44.6 Å². The normalized spacial score (nSPS) is 21.7. The molecule has 0 spiro atoms. The largest absolute Gasteiger partial charge is 0.388 e. The van der Waals surface area contributed by atoms with E-state index in [4.69, 9.17) is 0 Å². The molecule has 152 valence electrons. The summed E-state index contributed by atoms with van der Waals surface area (Å²) in [6, 6.07) is 2.13. The predicted octanol–water partition coefficient (Wildman–Crippen LogP) is 4.17. The number of allylic oxidation sites excluding steroid dienone is 3. The SMILES string of the molecule is C=C/C=C\C(=C/C)C(=O)N1CCCC(C(O)c2c(C3CC3)ccn3cncc23)C1. The van der Waals surface area contributed by atoms with E-state index in [9.17, 15) is 9.90 Å². The molecule has 1 saturated heterocycles. The summed E-state index contributed by atoms with van der Waals surface area (Å²) in [4.78, 5) is 19.1. The van der Waals surface area contributed by atoms with Gasteiger partial charge in [0.1, 0.15) is 0 Å². The first-order chi connectivity index (χ1) is 14.1. The van der Waals surface area contributed by atoms with Gasteiger partial charge in [-0.3, -0.25) is 4.79 Å². The van der Waals surface area contributed by atoms with Crippen LogP contribution in [-0.4, -0.2) is 38.4 Å². The highest BCUT2D eigenvalue weighted by Crippen LogP contribution is 2.45. The van der Waals surface area contributed by atoms with Crippen molar-refractivity contribution in [2.75, 3.05) is 13.1 Å². The van der Waals surface area contributed by atoms with E-state index in [1.54, 1.807) is 24.6 Å². The van der Waals surface area contributed by atoms with Crippen LogP contribution in [0.25, 0.3) is 5.52 Å². The molecule has 1 aliphatic carbocycles. The molecule has 0 aromatic carbocycles. The molecule has 2 atom stereocenters. The Morgan fingerprint density at radius 1 is 1.38 bits per heavy atom. The van der Waals surface area contributed by atoms with Gasteiger partial charge >= 0.3 is 0 Å². The number of aromatic nitrogens is 2. The van der Waals surface area contributed by atoms with Gasteiger partial charge in [-0.2, -0.15) is 0 Å². The number of carbonyl (C=O) groups is 1. The van der Waals surface area contributed by atoms with Crippen molar-refractivity contribution in [3.05, 3.63) is 72.4 Å². The van der Waals surface area contributed by atoms with Crippen LogP contribution in [0.2, 0.25) is 0 Å². The highest BCUT2D eigenvalue weighted by atomic mass is 16.3. The minimum Gasteiger partial charge on any atom is -0.388 e. The van der Waals surface area contributed by atoms with Crippen molar-refractivity contribution >= 4 is 11.4 Å². The van der Waals surface area contributed by atoms with E-state index < -0.39 is 6.10 Å². The molecule has 1 saturated carbocycles. The van der Waals surface area contributed by atoms with Crippen LogP contribution in [0.1, 0.15) is 55.8 Å². The number of carbonyl (C=O) groups excluding carboxylic acids is 1. The van der Waals surface area contributed by atoms with Crippen molar-refractivity contribution in [1.82, 2.24) is 14.3 Å². The van der Waals surface area contributed by atoms with Crippen LogP contribution in [0.3, 0.4) is 0 Å². The molecule has 5 nitrogen and oxygen atoms in total. The van der Waals surface area contributed by atoms with Crippen LogP contribution in [-0.2, 0) is 4.79 Å². The molecule has 3 heterocycles. The molecule has 1 aliphatic heterocycles. The first-order valence-corrected chi connectivity index (χ1v) is 10.5. The van der Waals surface area contributed by atoms with Crippen molar-refractivity contribution < 1.29 is 9.90 Å². The lowest BCUT2D eigenvalue weighted by atomic mass is 9.85. The number of amides is 1. The standard InChI is InChI=1S/C24H29N3O2/c1-3-5-7-17(4-2)24(29)26-12-6-8-19(15-26)23(28)22-20(18-9-10-18)11-13-27-16-25-14-21(22)27/h3-5,7,11,13-14,16,18-19,23,28H,1,6,8-10,12,15H2,2H3/b7-5-,17-4+. The summed E-state index contributed by atoms with van der Waals surface area (Å²) < 4.78 is 1.98. The van der Waals surface area contributed by atoms with Crippen LogP contribution in [0.5, 0.6) is 0 Å². The van der Waals surface area contributed by atoms with Gasteiger partial charge in [0.25, 0.3) is 5.91 Å². The van der Waals surface area contributed by atoms with E-state index in [0.717, 1.165) is 30.5 Å². The summed E-state index contributed by atoms with van der Waals surface area (Å²) in [6.45, 7) is 6.85. The summed E-state index contributed by atoms with van der Waals surface area (Å²) in [5.74, 6) is 0.583. The molecule has 4 rings (SSSR count). The second-order valence-electron chi connectivity index (χ2n) is 8.08. The van der Waals surface area contributed by atoms with Crippen molar-refractivity contribution in [1.29, 1.82) is 0 Å². The maximum Gasteiger partial charge on any atom is 0.253 e. The minimum absolute atomic E-state index is 0.0208. The lowest BCUT2D eigenvalue weighted by Crippen LogP contribution is -2.42. The molecule has 2 fully saturated rings. The lowest BCUT2D eigenvalue weighted by Gasteiger charge is -2.36. The summed E-state index contributed by atoms with van der Waals surface area (Å²) >= 11 is 0. The highest BCUT2D eigenvalue weighted by Gasteiger charge is 2.35. The third-order valence-corrected chi connectivity index (χ3v) is 6.14. The van der Waals surface area contributed by atoms with Crippen LogP contribution < -0.4 is 0 Å². The maximum absolute atomic E-state index is 13.0. The third kappa shape index (κ3) is 3.92. The number of fused-ring (bicyclic) bond motifs is 1. The Balaban J connectivity index is 1.59. The number of hydrogen-bond donors (Lipinski definition) is 1. The average Bonchev–Trinajstić information content (AvgIpc) is 3.49. The van der Waals surface area contributed by atoms with E-state index in [1.807, 2.05) is 34.7 Å². The first kappa shape index (κ1) is 19.6. The number of aliphatic hydroxyl groups is 1. The monoisotopic (exact) mass is 391 g/mol. The number of hydrogen-bond acceptors (Lipinski definition) is 3. The summed E-state index contributed by atoms with van der Waals surface area (Å²) in [6.07, 6.45) is 16.3. The third-order valence-electron chi connectivity index (χ3n) is 6.14. The second-order valence-corrected chi connectivity index (χ2v) is 8.08. The zero-order valence-electron chi connectivity index (χ0n) is 17.0. The van der Waals surface area contributed by atoms with E-state index >= 15 is 0 Å². The van der Waals surface area contributed by atoms with Crippen LogP contribution >= 0.6 is 0 Å². The first-order valence-electron chi connectivity index (χ1n) is 10.5. The summed E-state index contributed by atoms with van der Waals surface area (Å²) in [5, 5.41) is 11.4. The fourth-order valence-corrected chi connectivity index (χ4v) is 4.44. The van der Waals surface area contributed by atoms with Gasteiger partial charge in [0.2, 0.25) is 0 Å². The second kappa shape index (κ2) is 8.37. The molecular weight excluding hydrogens is 362 g/mol. The quantitative estimate of drug-likeness (QED) is 0.594. The van der Waals surface area contributed by atoms with Crippen LogP contribution in [0.4, 0.5) is 0 Å². The van der Waals surface area contributed by atoms with Gasteiger partial charge in [0, 0.05) is 36.3 Å². The fraction of sp³-hybridized carbons (Fsp3) is 0.417. The van der Waals surface area contributed by atoms with E-state index in [-0.39, 0.29) is 11.8 Å². The molecule has 2 aromatic rings. The Hall–Kier alpha value is -2.66. The number of rotatable bonds is 6. The molecule has 0 bridgehead atoms. The Morgan fingerprint density at radius 3 is 2.93 bits per heavy atom. The van der Waals surface area contributed by atoms with Crippen molar-refractivity contribution in [3.63, 3.8) is 0 Å². The topological polar surface area (TPSA) is 57.8 Å². The molecule has 1 amide bonds. The van der Waals surface area contributed by atoms with Crippen LogP contribution in [0.15, 0.2) is 61.2 Å². The fourth-order valence-electron chi connectivity index (χ4n) is 4.44. The van der Waals surface area contributed by atoms with Gasteiger partial charge in [-0.05, 0) is 56.2 Å². The molecule has 1 N–H and O–H groups in total. The highest BCUT2D eigenvalue weighted by molar-refractivity contribution is 5.96. The number of likely N-dealkylation sites (tertiary alicyclic amines) is 1. The Kier molecular flexibility index (Phi) is 5.67. The van der Waals surface area contributed by atoms with Gasteiger partial charge in [-0.25, -0.2) is 4.98 Å². The molecule has 29 heavy (non-hydrogen) atoms. The number of pyridine rings is 1. The van der Waals surface area contributed by atoms with E-state index in [2.05, 4.69) is 17.6 Å². The van der Waals surface area contributed by atoms with Gasteiger partial charge in [0.05, 0.1) is 24.1 Å². The van der Waals surface area contributed by atoms with Crippen molar-refractivity contribution in [3.8, 4) is 0 Å². The Morgan fingerprint density at radius 2 is 2.21 bits per heavy atom. The lowest BCUT2D eigenvalue weighted by molar-refractivity contribution is -0.129. The predicted molar refractivity (Wildman–Crippen MR) is 115 cm³/mol. The zero-order chi connectivity index (χ0) is 20.4. The van der Waals surface area contributed by atoms with E-state index in [1.165, 1.54) is 18.4 Å². The van der Waals surface area contributed by atoms with Gasteiger partial charge in [-0.1, -0.05) is 24.8 Å². The Bertz CT molecular complexity index is 968. The average molecular weight is 392 g/mol. The summed E-state index contributed by atoms with van der Waals surface area (Å²) in [7, 11) is 0. The smallest absolute Gasteiger partial charge is 0.253 e. The number of piperidine rings is 1. The van der Waals surface area contributed by atoms with Gasteiger partial charge in [-0.15, -0.1) is 0 Å². The number of imidazole rings is 1. The number of nitrogens with zero attached hydrogens (tertiary/aromatic N) is 3. The molecule has 0 radical (unpaired) electrons. The maximum atomic E-state index is 13.0. The van der Waals surface area contributed by atoms with Crippen molar-refractivity contribution in [2.24, 2.45) is 5.92 Å². The molecule has 2 unspecified atom stereocenters. The van der Waals surface area contributed by atoms with Crippen LogP contribution in [0, 0.1) is 5.92 Å². The number of aliphatic hydroxyl groups excluding tert-OH is 1. The summed E-state index contributed by atoms with van der Waals surface area (Å²) in [5.41, 5.74) is 3.90. The molecule has 2 aromatic heterocycles. The molecule has 5 heteroatoms. The molecular formula is C24H29N3O2. The minimum atomic E-state index is -0.598. The van der Waals surface area contributed by atoms with Gasteiger partial charge < -0.3 is 14.4 Å². The van der Waals surface area contributed by atoms with Gasteiger partial charge in [0.15, 0.2) is 0 Å². The molecule has 2 aliphatic rings.